The van der Waals surface area contributed by atoms with Crippen molar-refractivity contribution in [3.8, 4) is 0 Å². The van der Waals surface area contributed by atoms with Gasteiger partial charge in [0.15, 0.2) is 6.17 Å². The van der Waals surface area contributed by atoms with E-state index in [0.29, 0.717) is 5.56 Å². The van der Waals surface area contributed by atoms with Gasteiger partial charge in [-0.15, -0.1) is 0 Å². The van der Waals surface area contributed by atoms with Gasteiger partial charge in [0.25, 0.3) is 5.56 Å². The number of benzene rings is 1. The second-order valence-electron chi connectivity index (χ2n) is 8.23. The Labute approximate surface area is 193 Å². The summed E-state index contributed by atoms with van der Waals surface area (Å²) in [6.45, 7) is 1.40. The molecule has 0 aliphatic carbocycles. The monoisotopic (exact) mass is 489 g/mol. The lowest BCUT2D eigenvalue weighted by atomic mass is 10.0. The van der Waals surface area contributed by atoms with E-state index >= 15 is 0 Å². The molecule has 0 saturated carbocycles. The first-order valence-corrected chi connectivity index (χ1v) is 10.4. The van der Waals surface area contributed by atoms with Crippen LogP contribution in [0.4, 0.5) is 22.0 Å². The number of aromatic nitrogens is 2. The minimum atomic E-state index is -4.53. The van der Waals surface area contributed by atoms with E-state index in [1.807, 2.05) is 0 Å². The number of carbonyl (C=O) groups is 1. The molecule has 0 saturated heterocycles. The van der Waals surface area contributed by atoms with Crippen LogP contribution in [-0.2, 0) is 6.54 Å². The van der Waals surface area contributed by atoms with Crippen molar-refractivity contribution in [2.75, 3.05) is 0 Å². The van der Waals surface area contributed by atoms with E-state index in [4.69, 9.17) is 0 Å². The van der Waals surface area contributed by atoms with E-state index in [0.717, 1.165) is 24.4 Å². The van der Waals surface area contributed by atoms with Crippen molar-refractivity contribution in [1.29, 1.82) is 0 Å². The van der Waals surface area contributed by atoms with Gasteiger partial charge in [0.2, 0.25) is 5.78 Å². The number of aliphatic imine (C=N–C) groups is 2. The summed E-state index contributed by atoms with van der Waals surface area (Å²) >= 11 is 0. The number of carbonyl (C=O) groups excluding carboxylic acids is 1. The van der Waals surface area contributed by atoms with Crippen LogP contribution in [0.2, 0.25) is 0 Å². The normalized spacial score (nSPS) is 19.4. The van der Waals surface area contributed by atoms with Gasteiger partial charge >= 0.3 is 6.18 Å². The molecule has 2 unspecified atom stereocenters. The van der Waals surface area contributed by atoms with Crippen molar-refractivity contribution in [1.82, 2.24) is 14.9 Å². The lowest BCUT2D eigenvalue weighted by Crippen LogP contribution is -2.38. The molecule has 1 aromatic carbocycles. The number of dihydropyridines is 1. The van der Waals surface area contributed by atoms with Gasteiger partial charge in [-0.25, -0.2) is 13.8 Å². The first kappa shape index (κ1) is 22.7. The van der Waals surface area contributed by atoms with Gasteiger partial charge in [-0.1, -0.05) is 0 Å². The molecule has 2 atom stereocenters. The molecule has 2 aromatic heterocycles. The standard InChI is InChI=1S/C23H16F5N5O2/c1-10-4-14(24)18(15(25)5-10)20(34)13-8-29-19-12(13)2-3-33(22(19)35)9-17-31-16-6-11(23(26,27)28)7-30-21(16)32-17/h2-8,16,21,29H,9H2,1H3,(H,31,32). The number of aromatic amines is 1. The van der Waals surface area contributed by atoms with Gasteiger partial charge < -0.3 is 14.9 Å². The van der Waals surface area contributed by atoms with Crippen LogP contribution in [0.5, 0.6) is 0 Å². The van der Waals surface area contributed by atoms with Crippen molar-refractivity contribution in [2.45, 2.75) is 31.9 Å². The molecule has 4 heterocycles. The van der Waals surface area contributed by atoms with Crippen LogP contribution in [0.1, 0.15) is 21.5 Å². The van der Waals surface area contributed by atoms with E-state index in [1.54, 1.807) is 0 Å². The molecule has 0 radical (unpaired) electrons. The number of hydrogen-bond donors (Lipinski definition) is 2. The smallest absolute Gasteiger partial charge is 0.362 e. The number of aryl methyl sites for hydroxylation is 1. The molecule has 12 heteroatoms. The van der Waals surface area contributed by atoms with E-state index in [9.17, 15) is 31.5 Å². The molecule has 180 valence electrons. The van der Waals surface area contributed by atoms with E-state index < -0.39 is 52.5 Å². The van der Waals surface area contributed by atoms with Crippen molar-refractivity contribution in [3.05, 3.63) is 80.9 Å². The molecule has 35 heavy (non-hydrogen) atoms. The van der Waals surface area contributed by atoms with Gasteiger partial charge in [0, 0.05) is 29.6 Å². The first-order valence-electron chi connectivity index (χ1n) is 10.4. The third-order valence-electron chi connectivity index (χ3n) is 5.79. The number of nitrogens with zero attached hydrogens (tertiary/aromatic N) is 3. The summed E-state index contributed by atoms with van der Waals surface area (Å²) in [5.41, 5.74) is -1.89. The summed E-state index contributed by atoms with van der Waals surface area (Å²) in [6.07, 6.45) is -1.02. The summed E-state index contributed by atoms with van der Waals surface area (Å²) in [6, 6.07) is 2.73. The fraction of sp³-hybridized carbons (Fsp3) is 0.217. The van der Waals surface area contributed by atoms with Gasteiger partial charge in [-0.3, -0.25) is 14.6 Å². The van der Waals surface area contributed by atoms with Crippen LogP contribution < -0.4 is 10.9 Å². The highest BCUT2D eigenvalue weighted by Crippen LogP contribution is 2.29. The minimum Gasteiger partial charge on any atom is -0.362 e. The lowest BCUT2D eigenvalue weighted by molar-refractivity contribution is -0.0861. The third kappa shape index (κ3) is 3.94. The van der Waals surface area contributed by atoms with Crippen molar-refractivity contribution >= 4 is 28.7 Å². The first-order chi connectivity index (χ1) is 16.5. The number of fused-ring (bicyclic) bond motifs is 2. The third-order valence-corrected chi connectivity index (χ3v) is 5.79. The van der Waals surface area contributed by atoms with E-state index in [1.165, 1.54) is 30.0 Å². The quantitative estimate of drug-likeness (QED) is 0.435. The minimum absolute atomic E-state index is 0.0251. The van der Waals surface area contributed by atoms with Crippen molar-refractivity contribution < 1.29 is 26.7 Å². The Kier molecular flexibility index (Phi) is 5.18. The molecule has 2 N–H and O–H groups in total. The maximum absolute atomic E-state index is 14.3. The predicted molar refractivity (Wildman–Crippen MR) is 118 cm³/mol. The van der Waals surface area contributed by atoms with Crippen LogP contribution in [0, 0.1) is 18.6 Å². The molecule has 7 nitrogen and oxygen atoms in total. The maximum Gasteiger partial charge on any atom is 0.417 e. The number of pyridine rings is 1. The largest absolute Gasteiger partial charge is 0.417 e. The number of alkyl halides is 3. The van der Waals surface area contributed by atoms with Gasteiger partial charge in [0.1, 0.15) is 23.0 Å². The van der Waals surface area contributed by atoms with Gasteiger partial charge in [0.05, 0.1) is 23.7 Å². The Balaban J connectivity index is 1.42. The summed E-state index contributed by atoms with van der Waals surface area (Å²) in [7, 11) is 0. The molecule has 0 bridgehead atoms. The number of amidine groups is 1. The molecule has 3 aromatic rings. The summed E-state index contributed by atoms with van der Waals surface area (Å²) < 4.78 is 68.7. The Hall–Kier alpha value is -4.09. The molecule has 0 amide bonds. The zero-order valence-corrected chi connectivity index (χ0v) is 18.0. The fourth-order valence-corrected chi connectivity index (χ4v) is 4.13. The van der Waals surface area contributed by atoms with Crippen LogP contribution in [0.15, 0.2) is 57.0 Å². The highest BCUT2D eigenvalue weighted by Gasteiger charge is 2.38. The zero-order chi connectivity index (χ0) is 25.1. The van der Waals surface area contributed by atoms with Crippen LogP contribution in [0.25, 0.3) is 10.9 Å². The number of hydrogen-bond acceptors (Lipinski definition) is 5. The Morgan fingerprint density at radius 2 is 1.91 bits per heavy atom. The van der Waals surface area contributed by atoms with Crippen LogP contribution in [-0.4, -0.2) is 45.8 Å². The topological polar surface area (TPSA) is 91.6 Å². The van der Waals surface area contributed by atoms with E-state index in [2.05, 4.69) is 20.3 Å². The molecule has 0 fully saturated rings. The van der Waals surface area contributed by atoms with Gasteiger partial charge in [-0.05, 0) is 36.8 Å². The molecule has 5 rings (SSSR count). The number of nitrogens with one attached hydrogen (secondary N) is 2. The molecule has 2 aliphatic heterocycles. The average Bonchev–Trinajstić information content (AvgIpc) is 3.37. The van der Waals surface area contributed by atoms with Gasteiger partial charge in [-0.2, -0.15) is 13.2 Å². The molecule has 0 spiro atoms. The lowest BCUT2D eigenvalue weighted by Gasteiger charge is -2.18. The van der Waals surface area contributed by atoms with E-state index in [-0.39, 0.29) is 28.8 Å². The number of ketones is 1. The van der Waals surface area contributed by atoms with Crippen LogP contribution >= 0.6 is 0 Å². The average molecular weight is 489 g/mol. The summed E-state index contributed by atoms with van der Waals surface area (Å²) in [5.74, 6) is -2.68. The van der Waals surface area contributed by atoms with Crippen molar-refractivity contribution in [2.24, 2.45) is 9.98 Å². The molecule has 2 aliphatic rings. The predicted octanol–water partition coefficient (Wildman–Crippen LogP) is 3.42. The summed E-state index contributed by atoms with van der Waals surface area (Å²) in [5, 5.41) is 3.01. The number of allylic oxidation sites excluding steroid dienone is 1. The second-order valence-corrected chi connectivity index (χ2v) is 8.23. The maximum atomic E-state index is 14.3. The highest BCUT2D eigenvalue weighted by molar-refractivity contribution is 6.16. The zero-order valence-electron chi connectivity index (χ0n) is 18.0. The number of halogens is 5. The SMILES string of the molecule is Cc1cc(F)c(C(=O)c2c[nH]c3c(=O)n(CC4=NC5N=CC(C(F)(F)F)=CC5N4)ccc23)c(F)c1. The Morgan fingerprint density at radius 3 is 2.60 bits per heavy atom. The second kappa shape index (κ2) is 8.00. The molecular weight excluding hydrogens is 473 g/mol. The fourth-order valence-electron chi connectivity index (χ4n) is 4.13. The highest BCUT2D eigenvalue weighted by atomic mass is 19.4. The Bertz CT molecular complexity index is 1510. The number of rotatable bonds is 4. The molecular formula is C23H16F5N5O2. The van der Waals surface area contributed by atoms with Crippen LogP contribution in [0.3, 0.4) is 0 Å². The van der Waals surface area contributed by atoms with Crippen molar-refractivity contribution in [3.63, 3.8) is 0 Å². The number of H-pyrrole nitrogens is 1. The summed E-state index contributed by atoms with van der Waals surface area (Å²) in [4.78, 5) is 36.5. The Morgan fingerprint density at radius 1 is 1.20 bits per heavy atom.